The Morgan fingerprint density at radius 1 is 1.03 bits per heavy atom. The van der Waals surface area contributed by atoms with E-state index in [1.54, 1.807) is 25.4 Å². The molecule has 8 heteroatoms. The summed E-state index contributed by atoms with van der Waals surface area (Å²) >= 11 is 0. The number of hydrogen-bond donors (Lipinski definition) is 1. The van der Waals surface area contributed by atoms with Crippen LogP contribution in [0.4, 0.5) is 10.2 Å². The molecule has 1 aromatic carbocycles. The Hall–Kier alpha value is -3.68. The Balaban J connectivity index is 1.36. The van der Waals surface area contributed by atoms with Gasteiger partial charge < -0.3 is 19.9 Å². The second-order valence-electron chi connectivity index (χ2n) is 7.09. The summed E-state index contributed by atoms with van der Waals surface area (Å²) in [6.45, 7) is 3.93. The molecule has 0 amide bonds. The molecule has 3 heterocycles. The largest absolute Gasteiger partial charge is 0.439 e. The molecule has 1 fully saturated rings. The van der Waals surface area contributed by atoms with Crippen molar-refractivity contribution in [2.45, 2.75) is 6.54 Å². The van der Waals surface area contributed by atoms with Gasteiger partial charge in [-0.25, -0.2) is 14.4 Å². The van der Waals surface area contributed by atoms with Gasteiger partial charge in [0, 0.05) is 63.8 Å². The molecule has 1 aliphatic heterocycles. The highest BCUT2D eigenvalue weighted by Crippen LogP contribution is 2.23. The van der Waals surface area contributed by atoms with E-state index in [1.165, 1.54) is 12.1 Å². The Labute approximate surface area is 181 Å². The average Bonchev–Trinajstić information content (AvgIpc) is 2.81. The van der Waals surface area contributed by atoms with E-state index in [-0.39, 0.29) is 5.82 Å². The summed E-state index contributed by atoms with van der Waals surface area (Å²) in [6.07, 6.45) is 3.48. The summed E-state index contributed by atoms with van der Waals surface area (Å²) in [5.41, 5.74) is 0.861. The summed E-state index contributed by atoms with van der Waals surface area (Å²) in [6, 6.07) is 15.8. The molecule has 0 saturated carbocycles. The van der Waals surface area contributed by atoms with Crippen LogP contribution in [-0.2, 0) is 6.54 Å². The van der Waals surface area contributed by atoms with Gasteiger partial charge in [0.25, 0.3) is 0 Å². The molecule has 160 valence electrons. The van der Waals surface area contributed by atoms with Gasteiger partial charge in [-0.3, -0.25) is 4.99 Å². The van der Waals surface area contributed by atoms with Crippen molar-refractivity contribution in [2.75, 3.05) is 38.1 Å². The maximum atomic E-state index is 13.5. The highest BCUT2D eigenvalue weighted by molar-refractivity contribution is 5.80. The number of aromatic nitrogens is 2. The lowest BCUT2D eigenvalue weighted by Crippen LogP contribution is -2.52. The van der Waals surface area contributed by atoms with Crippen LogP contribution in [0.3, 0.4) is 0 Å². The zero-order chi connectivity index (χ0) is 21.5. The first-order valence-corrected chi connectivity index (χ1v) is 10.2. The van der Waals surface area contributed by atoms with Gasteiger partial charge in [0.05, 0.1) is 0 Å². The van der Waals surface area contributed by atoms with E-state index in [0.717, 1.165) is 43.5 Å². The normalized spacial score (nSPS) is 14.5. The Bertz CT molecular complexity index is 1020. The highest BCUT2D eigenvalue weighted by Gasteiger charge is 2.20. The number of nitrogens with zero attached hydrogens (tertiary/aromatic N) is 5. The van der Waals surface area contributed by atoms with Crippen molar-refractivity contribution in [1.29, 1.82) is 0 Å². The van der Waals surface area contributed by atoms with E-state index in [4.69, 9.17) is 4.74 Å². The fraction of sp³-hybridized carbons (Fsp3) is 0.261. The first-order chi connectivity index (χ1) is 15.2. The molecule has 31 heavy (non-hydrogen) atoms. The molecule has 0 aliphatic carbocycles. The van der Waals surface area contributed by atoms with Gasteiger partial charge in [0.15, 0.2) is 5.96 Å². The topological polar surface area (TPSA) is 65.9 Å². The second-order valence-corrected chi connectivity index (χ2v) is 7.09. The number of guanidine groups is 1. The third-order valence-electron chi connectivity index (χ3n) is 5.06. The molecule has 1 N–H and O–H groups in total. The molecule has 0 atom stereocenters. The summed E-state index contributed by atoms with van der Waals surface area (Å²) in [7, 11) is 1.78. The van der Waals surface area contributed by atoms with E-state index in [9.17, 15) is 4.39 Å². The molecule has 7 nitrogen and oxygen atoms in total. The quantitative estimate of drug-likeness (QED) is 0.505. The van der Waals surface area contributed by atoms with Gasteiger partial charge in [0.2, 0.25) is 5.88 Å². The number of aliphatic imine (C=N–C) groups is 1. The van der Waals surface area contributed by atoms with E-state index in [2.05, 4.69) is 30.1 Å². The Morgan fingerprint density at radius 2 is 1.87 bits per heavy atom. The molecule has 2 aromatic heterocycles. The summed E-state index contributed by atoms with van der Waals surface area (Å²) in [4.78, 5) is 17.7. The molecule has 0 bridgehead atoms. The molecule has 0 spiro atoms. The lowest BCUT2D eigenvalue weighted by Gasteiger charge is -2.37. The maximum Gasteiger partial charge on any atom is 0.224 e. The number of nitrogens with one attached hydrogen (secondary N) is 1. The van der Waals surface area contributed by atoms with Crippen LogP contribution >= 0.6 is 0 Å². The molecule has 4 rings (SSSR count). The number of halogens is 1. The predicted molar refractivity (Wildman–Crippen MR) is 119 cm³/mol. The van der Waals surface area contributed by atoms with Crippen LogP contribution in [0.1, 0.15) is 5.56 Å². The van der Waals surface area contributed by atoms with Crippen molar-refractivity contribution >= 4 is 11.8 Å². The molecule has 1 aliphatic rings. The lowest BCUT2D eigenvalue weighted by atomic mass is 10.2. The summed E-state index contributed by atoms with van der Waals surface area (Å²) in [5, 5.41) is 3.40. The number of benzene rings is 1. The lowest BCUT2D eigenvalue weighted by molar-refractivity contribution is 0.370. The smallest absolute Gasteiger partial charge is 0.224 e. The summed E-state index contributed by atoms with van der Waals surface area (Å²) in [5.74, 6) is 2.32. The van der Waals surface area contributed by atoms with Crippen LogP contribution in [0, 0.1) is 5.82 Å². The third-order valence-corrected chi connectivity index (χ3v) is 5.06. The van der Waals surface area contributed by atoms with Gasteiger partial charge in [-0.05, 0) is 30.3 Å². The molecule has 0 unspecified atom stereocenters. The van der Waals surface area contributed by atoms with Crippen LogP contribution in [0.2, 0.25) is 0 Å². The third kappa shape index (κ3) is 5.28. The van der Waals surface area contributed by atoms with Crippen molar-refractivity contribution < 1.29 is 9.13 Å². The average molecular weight is 420 g/mol. The summed E-state index contributed by atoms with van der Waals surface area (Å²) < 4.78 is 19.3. The zero-order valence-corrected chi connectivity index (χ0v) is 17.4. The van der Waals surface area contributed by atoms with Crippen molar-refractivity contribution in [3.05, 3.63) is 78.4 Å². The minimum Gasteiger partial charge on any atom is -0.439 e. The van der Waals surface area contributed by atoms with E-state index >= 15 is 0 Å². The number of rotatable bonds is 5. The van der Waals surface area contributed by atoms with Crippen LogP contribution < -0.4 is 15.0 Å². The number of anilines is 1. The molecular weight excluding hydrogens is 395 g/mol. The number of ether oxygens (including phenoxy) is 1. The van der Waals surface area contributed by atoms with Gasteiger partial charge in [-0.15, -0.1) is 0 Å². The van der Waals surface area contributed by atoms with Crippen LogP contribution in [0.15, 0.2) is 72.0 Å². The molecular formula is C23H25FN6O. The molecule has 1 saturated heterocycles. The fourth-order valence-corrected chi connectivity index (χ4v) is 3.49. The van der Waals surface area contributed by atoms with E-state index < -0.39 is 0 Å². The van der Waals surface area contributed by atoms with Crippen molar-refractivity contribution in [2.24, 2.45) is 4.99 Å². The van der Waals surface area contributed by atoms with E-state index in [0.29, 0.717) is 18.2 Å². The first kappa shape index (κ1) is 20.6. The standard InChI is InChI=1S/C23H25FN6O/c1-25-23(30-14-12-29(13-15-30)21-9-2-3-10-26-21)28-17-18-6-5-11-27-22(18)31-20-8-4-7-19(24)16-20/h2-11,16H,12-15,17H2,1H3,(H,25,28). The van der Waals surface area contributed by atoms with Crippen LogP contribution in [0.5, 0.6) is 11.6 Å². The predicted octanol–water partition coefficient (Wildman–Crippen LogP) is 3.31. The SMILES string of the molecule is CN=C(NCc1cccnc1Oc1cccc(F)c1)N1CCN(c2ccccn2)CC1. The number of pyridine rings is 2. The van der Waals surface area contributed by atoms with E-state index in [1.807, 2.05) is 36.5 Å². The van der Waals surface area contributed by atoms with Crippen LogP contribution in [0.25, 0.3) is 0 Å². The Morgan fingerprint density at radius 3 is 2.61 bits per heavy atom. The highest BCUT2D eigenvalue weighted by atomic mass is 19.1. The monoisotopic (exact) mass is 420 g/mol. The second kappa shape index (κ2) is 9.88. The van der Waals surface area contributed by atoms with Crippen LogP contribution in [-0.4, -0.2) is 54.1 Å². The minimum absolute atomic E-state index is 0.349. The number of hydrogen-bond acceptors (Lipinski definition) is 5. The molecule has 3 aromatic rings. The zero-order valence-electron chi connectivity index (χ0n) is 17.4. The fourth-order valence-electron chi connectivity index (χ4n) is 3.49. The first-order valence-electron chi connectivity index (χ1n) is 10.2. The van der Waals surface area contributed by atoms with Gasteiger partial charge in [-0.1, -0.05) is 18.2 Å². The number of piperazine rings is 1. The van der Waals surface area contributed by atoms with Crippen molar-refractivity contribution in [3.8, 4) is 11.6 Å². The van der Waals surface area contributed by atoms with Gasteiger partial charge in [0.1, 0.15) is 17.4 Å². The minimum atomic E-state index is -0.349. The van der Waals surface area contributed by atoms with Gasteiger partial charge >= 0.3 is 0 Å². The van der Waals surface area contributed by atoms with Crippen molar-refractivity contribution in [1.82, 2.24) is 20.2 Å². The maximum absolute atomic E-state index is 13.5. The van der Waals surface area contributed by atoms with Gasteiger partial charge in [-0.2, -0.15) is 0 Å². The van der Waals surface area contributed by atoms with Crippen molar-refractivity contribution in [3.63, 3.8) is 0 Å². The Kier molecular flexibility index (Phi) is 6.56. The molecule has 0 radical (unpaired) electrons.